The third-order valence-corrected chi connectivity index (χ3v) is 2.95. The van der Waals surface area contributed by atoms with Crippen molar-refractivity contribution in [2.45, 2.75) is 6.42 Å². The van der Waals surface area contributed by atoms with Crippen LogP contribution in [0.5, 0.6) is 0 Å². The molecular weight excluding hydrogens is 240 g/mol. The quantitative estimate of drug-likeness (QED) is 0.517. The molecule has 19 heavy (non-hydrogen) atoms. The van der Waals surface area contributed by atoms with Crippen LogP contribution in [0.1, 0.15) is 11.1 Å². The van der Waals surface area contributed by atoms with E-state index in [2.05, 4.69) is 55.1 Å². The molecule has 3 nitrogen and oxygen atoms in total. The first kappa shape index (κ1) is 12.9. The number of carboxylic acids is 1. The van der Waals surface area contributed by atoms with Crippen LogP contribution in [0.15, 0.2) is 60.9 Å². The average Bonchev–Trinajstić information content (AvgIpc) is 2.78. The van der Waals surface area contributed by atoms with E-state index in [1.807, 2.05) is 0 Å². The zero-order chi connectivity index (χ0) is 13.8. The lowest BCUT2D eigenvalue weighted by atomic mass is 10.1. The molecule has 2 aromatic carbocycles. The molecule has 0 bridgehead atoms. The van der Waals surface area contributed by atoms with Crippen molar-refractivity contribution in [3.05, 3.63) is 72.0 Å². The number of fused-ring (bicyclic) bond motifs is 3. The molecule has 0 atom stereocenters. The molecule has 1 aliphatic rings. The molecule has 0 heterocycles. The van der Waals surface area contributed by atoms with Gasteiger partial charge in [0.25, 0.3) is 0 Å². The highest BCUT2D eigenvalue weighted by molar-refractivity contribution is 5.82. The number of aliphatic hydroxyl groups excluding tert-OH is 1. The minimum Gasteiger partial charge on any atom is -0.502 e. The van der Waals surface area contributed by atoms with Crippen molar-refractivity contribution < 1.29 is 15.0 Å². The van der Waals surface area contributed by atoms with Crippen molar-refractivity contribution in [3.8, 4) is 11.1 Å². The van der Waals surface area contributed by atoms with Gasteiger partial charge in [0.15, 0.2) is 5.76 Å². The first-order chi connectivity index (χ1) is 9.09. The van der Waals surface area contributed by atoms with E-state index in [4.69, 9.17) is 10.2 Å². The van der Waals surface area contributed by atoms with E-state index in [0.717, 1.165) is 6.42 Å². The fraction of sp³-hybridized carbons (Fsp3) is 0.0625. The molecule has 0 saturated heterocycles. The fourth-order valence-corrected chi connectivity index (χ4v) is 2.08. The highest BCUT2D eigenvalue weighted by Gasteiger charge is 2.15. The van der Waals surface area contributed by atoms with E-state index in [1.54, 1.807) is 0 Å². The van der Waals surface area contributed by atoms with Gasteiger partial charge < -0.3 is 10.2 Å². The summed E-state index contributed by atoms with van der Waals surface area (Å²) in [6, 6.07) is 17.3. The second-order valence-corrected chi connectivity index (χ2v) is 4.24. The van der Waals surface area contributed by atoms with Crippen molar-refractivity contribution in [1.29, 1.82) is 0 Å². The number of hydrogen-bond donors (Lipinski definition) is 2. The van der Waals surface area contributed by atoms with Gasteiger partial charge in [-0.2, -0.15) is 0 Å². The van der Waals surface area contributed by atoms with E-state index in [0.29, 0.717) is 0 Å². The second kappa shape index (κ2) is 5.40. The summed E-state index contributed by atoms with van der Waals surface area (Å²) in [7, 11) is 0. The summed E-state index contributed by atoms with van der Waals surface area (Å²) >= 11 is 0. The van der Waals surface area contributed by atoms with Gasteiger partial charge >= 0.3 is 5.97 Å². The Morgan fingerprint density at radius 3 is 1.63 bits per heavy atom. The largest absolute Gasteiger partial charge is 0.502 e. The van der Waals surface area contributed by atoms with Crippen molar-refractivity contribution in [2.24, 2.45) is 0 Å². The summed E-state index contributed by atoms with van der Waals surface area (Å²) in [5.41, 5.74) is 5.75. The second-order valence-electron chi connectivity index (χ2n) is 4.24. The molecule has 0 saturated carbocycles. The lowest BCUT2D eigenvalue weighted by molar-refractivity contribution is -0.135. The molecule has 0 fully saturated rings. The molecule has 3 heteroatoms. The maximum Gasteiger partial charge on any atom is 0.370 e. The number of carboxylic acid groups (broad SMARTS) is 1. The van der Waals surface area contributed by atoms with Crippen LogP contribution in [0, 0.1) is 0 Å². The minimum atomic E-state index is -1.38. The highest BCUT2D eigenvalue weighted by atomic mass is 16.4. The summed E-state index contributed by atoms with van der Waals surface area (Å²) in [4.78, 5) is 9.35. The maximum atomic E-state index is 9.35. The van der Waals surface area contributed by atoms with E-state index in [9.17, 15) is 4.79 Å². The van der Waals surface area contributed by atoms with Gasteiger partial charge in [-0.15, -0.1) is 0 Å². The maximum absolute atomic E-state index is 9.35. The molecule has 2 N–H and O–H groups in total. The van der Waals surface area contributed by atoms with Gasteiger partial charge in [0.1, 0.15) is 0 Å². The number of hydrogen-bond acceptors (Lipinski definition) is 2. The molecule has 3 rings (SSSR count). The lowest BCUT2D eigenvalue weighted by Crippen LogP contribution is -1.95. The van der Waals surface area contributed by atoms with Crippen LogP contribution in [0.25, 0.3) is 11.1 Å². The van der Waals surface area contributed by atoms with Crippen LogP contribution in [0.2, 0.25) is 0 Å². The molecule has 0 unspecified atom stereocenters. The van der Waals surface area contributed by atoms with Gasteiger partial charge in [0.05, 0.1) is 0 Å². The number of benzene rings is 2. The Bertz CT molecular complexity index is 574. The first-order valence-electron chi connectivity index (χ1n) is 5.87. The Morgan fingerprint density at radius 1 is 0.895 bits per heavy atom. The average molecular weight is 254 g/mol. The Labute approximate surface area is 111 Å². The van der Waals surface area contributed by atoms with E-state index in [-0.39, 0.29) is 0 Å². The van der Waals surface area contributed by atoms with Crippen molar-refractivity contribution in [1.82, 2.24) is 0 Å². The van der Waals surface area contributed by atoms with Crippen molar-refractivity contribution in [2.75, 3.05) is 0 Å². The Morgan fingerprint density at radius 2 is 1.26 bits per heavy atom. The molecular formula is C16H14O3. The standard InChI is InChI=1S/C13H10.C3H4O3/c1-3-7-12-10(5-1)9-11-6-2-4-8-13(11)12;1-2(4)3(5)6/h1-8H,9H2;4H,1H2,(H,5,6). The first-order valence-corrected chi connectivity index (χ1v) is 5.87. The summed E-state index contributed by atoms with van der Waals surface area (Å²) in [5.74, 6) is -2.20. The third-order valence-electron chi connectivity index (χ3n) is 2.95. The number of carbonyl (C=O) groups is 1. The zero-order valence-electron chi connectivity index (χ0n) is 10.3. The number of aliphatic hydroxyl groups is 1. The van der Waals surface area contributed by atoms with Crippen LogP contribution in [-0.2, 0) is 11.2 Å². The van der Waals surface area contributed by atoms with Gasteiger partial charge in [0.2, 0.25) is 0 Å². The van der Waals surface area contributed by atoms with Gasteiger partial charge in [-0.3, -0.25) is 0 Å². The lowest BCUT2D eigenvalue weighted by Gasteiger charge is -1.98. The zero-order valence-corrected chi connectivity index (χ0v) is 10.3. The Hall–Kier alpha value is -2.55. The number of rotatable bonds is 1. The van der Waals surface area contributed by atoms with Crippen LogP contribution in [-0.4, -0.2) is 16.2 Å². The Balaban J connectivity index is 0.000000192. The summed E-state index contributed by atoms with van der Waals surface area (Å²) in [6.45, 7) is 2.71. The van der Waals surface area contributed by atoms with Crippen LogP contribution in [0.4, 0.5) is 0 Å². The summed E-state index contributed by atoms with van der Waals surface area (Å²) in [6.07, 6.45) is 1.10. The van der Waals surface area contributed by atoms with E-state index < -0.39 is 11.7 Å². The molecule has 1 aliphatic carbocycles. The molecule has 0 amide bonds. The van der Waals surface area contributed by atoms with Gasteiger partial charge in [-0.1, -0.05) is 48.5 Å². The molecule has 0 radical (unpaired) electrons. The predicted molar refractivity (Wildman–Crippen MR) is 74.1 cm³/mol. The third kappa shape index (κ3) is 2.83. The smallest absolute Gasteiger partial charge is 0.370 e. The molecule has 0 spiro atoms. The van der Waals surface area contributed by atoms with Crippen LogP contribution >= 0.6 is 0 Å². The molecule has 0 aliphatic heterocycles. The Kier molecular flexibility index (Phi) is 3.66. The van der Waals surface area contributed by atoms with Crippen LogP contribution < -0.4 is 0 Å². The van der Waals surface area contributed by atoms with Gasteiger partial charge in [-0.05, 0) is 35.3 Å². The SMILES string of the molecule is C=C(O)C(=O)O.c1ccc2c(c1)Cc1ccccc1-2. The molecule has 96 valence electrons. The predicted octanol–water partition coefficient (Wildman–Crippen LogP) is 3.40. The van der Waals surface area contributed by atoms with E-state index >= 15 is 0 Å². The van der Waals surface area contributed by atoms with Crippen molar-refractivity contribution in [3.63, 3.8) is 0 Å². The summed E-state index contributed by atoms with van der Waals surface area (Å²) in [5, 5.41) is 15.5. The normalized spacial score (nSPS) is 10.7. The molecule has 2 aromatic rings. The van der Waals surface area contributed by atoms with Crippen LogP contribution in [0.3, 0.4) is 0 Å². The van der Waals surface area contributed by atoms with E-state index in [1.165, 1.54) is 22.3 Å². The fourth-order valence-electron chi connectivity index (χ4n) is 2.08. The van der Waals surface area contributed by atoms with Gasteiger partial charge in [-0.25, -0.2) is 4.79 Å². The molecule has 0 aromatic heterocycles. The number of aliphatic carboxylic acids is 1. The van der Waals surface area contributed by atoms with Gasteiger partial charge in [0, 0.05) is 0 Å². The minimum absolute atomic E-state index is 0.824. The highest BCUT2D eigenvalue weighted by Crippen LogP contribution is 2.35. The summed E-state index contributed by atoms with van der Waals surface area (Å²) < 4.78 is 0. The monoisotopic (exact) mass is 254 g/mol. The topological polar surface area (TPSA) is 57.5 Å². The van der Waals surface area contributed by atoms with Crippen molar-refractivity contribution >= 4 is 5.97 Å².